The fourth-order valence-corrected chi connectivity index (χ4v) is 14.3. The normalized spacial score (nSPS) is 19.9. The van der Waals surface area contributed by atoms with E-state index in [2.05, 4.69) is 208 Å². The Morgan fingerprint density at radius 3 is 1.71 bits per heavy atom. The van der Waals surface area contributed by atoms with Gasteiger partial charge in [-0.15, -0.1) is 11.3 Å². The van der Waals surface area contributed by atoms with E-state index in [9.17, 15) is 0 Å². The number of benzene rings is 5. The van der Waals surface area contributed by atoms with Crippen LogP contribution in [0.1, 0.15) is 219 Å². The first-order valence-electron chi connectivity index (χ1n) is 27.3. The van der Waals surface area contributed by atoms with Gasteiger partial charge in [-0.1, -0.05) is 154 Å². The molecule has 367 valence electrons. The van der Waals surface area contributed by atoms with Crippen molar-refractivity contribution in [3.63, 3.8) is 0 Å². The Morgan fingerprint density at radius 2 is 1.11 bits per heavy atom. The van der Waals surface area contributed by atoms with Gasteiger partial charge in [-0.05, 0) is 211 Å². The number of nitrogens with one attached hydrogen (secondary N) is 1. The standard InChI is InChI=1S/C66H84BN2S/c1-18-19-20-21-41-33-45(44-24-22-42(60(3,4)5)35-53(44)68-43-23-25-47-49(36-43)63(10,11)27-26-61(47,6)7)57-55(34-41)69(54-38-51-48(32-40(54)2)62(8,9)28-30-65(51,14)15)59-58(67-57)46-37-50-52(39-56(46)70-59)66(16,17)31-29-64(50,12)13/h22-25,32-39,68H,18-21,26-31H2,1-17H3. The number of hydrogen-bond acceptors (Lipinski definition) is 3. The van der Waals surface area contributed by atoms with E-state index < -0.39 is 0 Å². The number of rotatable bonds is 8. The summed E-state index contributed by atoms with van der Waals surface area (Å²) in [4.78, 5) is 2.74. The van der Waals surface area contributed by atoms with Gasteiger partial charge in [0, 0.05) is 27.3 Å². The third-order valence-corrected chi connectivity index (χ3v) is 19.6. The minimum Gasteiger partial charge on any atom is -0.355 e. The maximum Gasteiger partial charge on any atom is 0.199 e. The smallest absolute Gasteiger partial charge is 0.199 e. The van der Waals surface area contributed by atoms with Crippen molar-refractivity contribution < 1.29 is 0 Å². The van der Waals surface area contributed by atoms with Gasteiger partial charge in [-0.3, -0.25) is 0 Å². The largest absolute Gasteiger partial charge is 0.355 e. The van der Waals surface area contributed by atoms with E-state index in [0.717, 1.165) is 6.42 Å². The maximum atomic E-state index is 4.15. The molecule has 6 aromatic rings. The molecule has 3 aliphatic carbocycles. The van der Waals surface area contributed by atoms with Crippen LogP contribution >= 0.6 is 11.3 Å². The second-order valence-corrected chi connectivity index (χ2v) is 28.6. The third kappa shape index (κ3) is 8.31. The van der Waals surface area contributed by atoms with Crippen LogP contribution < -0.4 is 21.1 Å². The second kappa shape index (κ2) is 16.6. The van der Waals surface area contributed by atoms with Gasteiger partial charge in [0.1, 0.15) is 0 Å². The topological polar surface area (TPSA) is 15.3 Å². The molecule has 0 fully saturated rings. The lowest BCUT2D eigenvalue weighted by molar-refractivity contribution is 0.332. The van der Waals surface area contributed by atoms with Crippen LogP contribution in [0.5, 0.6) is 0 Å². The number of nitrogens with zero attached hydrogens (tertiary/aromatic N) is 1. The van der Waals surface area contributed by atoms with Crippen molar-refractivity contribution in [1.29, 1.82) is 0 Å². The molecule has 5 aromatic carbocycles. The molecule has 70 heavy (non-hydrogen) atoms. The molecule has 0 saturated carbocycles. The Hall–Kier alpha value is -4.28. The van der Waals surface area contributed by atoms with Crippen LogP contribution in [0.2, 0.25) is 0 Å². The minimum atomic E-state index is -0.0144. The highest BCUT2D eigenvalue weighted by Gasteiger charge is 2.42. The quantitative estimate of drug-likeness (QED) is 0.121. The SMILES string of the molecule is CCCCCc1cc(-c2ccc(C(C)(C)C)cc2Nc2ccc3c(c2)C(C)(C)CCC3(C)C)c2c(c1)N(c1cc3c(cc1C)C(C)(C)CCC3(C)C)c1sc3cc4c(cc3c1[B]2)C(C)(C)CCC4(C)C. The van der Waals surface area contributed by atoms with Crippen LogP contribution in [0, 0.1) is 6.92 Å². The van der Waals surface area contributed by atoms with E-state index >= 15 is 0 Å². The lowest BCUT2D eigenvalue weighted by atomic mass is 9.57. The van der Waals surface area contributed by atoms with Crippen molar-refractivity contribution in [1.82, 2.24) is 0 Å². The molecule has 2 heterocycles. The molecule has 1 aliphatic heterocycles. The molecule has 0 saturated heterocycles. The number of unbranched alkanes of at least 4 members (excludes halogenated alkanes) is 2. The second-order valence-electron chi connectivity index (χ2n) is 27.6. The molecule has 1 N–H and O–H groups in total. The zero-order valence-electron chi connectivity index (χ0n) is 46.4. The van der Waals surface area contributed by atoms with Gasteiger partial charge in [0.15, 0.2) is 7.28 Å². The summed E-state index contributed by atoms with van der Waals surface area (Å²) < 4.78 is 1.40. The molecule has 10 rings (SSSR count). The Labute approximate surface area is 429 Å². The summed E-state index contributed by atoms with van der Waals surface area (Å²) in [6, 6.07) is 30.3. The number of fused-ring (bicyclic) bond motifs is 7. The molecular formula is C66H84BN2S. The Morgan fingerprint density at radius 1 is 0.557 bits per heavy atom. The first kappa shape index (κ1) is 49.3. The van der Waals surface area contributed by atoms with Gasteiger partial charge in [-0.25, -0.2) is 0 Å². The first-order chi connectivity index (χ1) is 32.6. The highest BCUT2D eigenvalue weighted by molar-refractivity contribution is 7.25. The Balaban J connectivity index is 1.25. The fourth-order valence-electron chi connectivity index (χ4n) is 13.1. The van der Waals surface area contributed by atoms with Crippen LogP contribution in [0.3, 0.4) is 0 Å². The Bertz CT molecular complexity index is 3070. The lowest BCUT2D eigenvalue weighted by Crippen LogP contribution is -2.41. The summed E-state index contributed by atoms with van der Waals surface area (Å²) in [5.41, 5.74) is 24.2. The first-order valence-corrected chi connectivity index (χ1v) is 28.1. The number of thiophene rings is 1. The van der Waals surface area contributed by atoms with Gasteiger partial charge in [-0.2, -0.15) is 0 Å². The van der Waals surface area contributed by atoms with Crippen molar-refractivity contribution in [3.05, 3.63) is 123 Å². The van der Waals surface area contributed by atoms with E-state index in [1.165, 1.54) is 168 Å². The van der Waals surface area contributed by atoms with Crippen molar-refractivity contribution in [2.75, 3.05) is 10.2 Å². The molecule has 4 aliphatic rings. The zero-order valence-corrected chi connectivity index (χ0v) is 47.2. The molecular weight excluding hydrogens is 864 g/mol. The van der Waals surface area contributed by atoms with E-state index in [-0.39, 0.29) is 37.9 Å². The van der Waals surface area contributed by atoms with Crippen molar-refractivity contribution in [3.8, 4) is 11.1 Å². The van der Waals surface area contributed by atoms with E-state index in [1.54, 1.807) is 0 Å². The predicted molar refractivity (Wildman–Crippen MR) is 309 cm³/mol. The zero-order chi connectivity index (χ0) is 50.3. The van der Waals surface area contributed by atoms with E-state index in [4.69, 9.17) is 0 Å². The maximum absolute atomic E-state index is 4.15. The van der Waals surface area contributed by atoms with Gasteiger partial charge < -0.3 is 10.2 Å². The minimum absolute atomic E-state index is 0.0144. The summed E-state index contributed by atoms with van der Waals surface area (Å²) in [6.07, 6.45) is 11.9. The molecule has 4 heteroatoms. The van der Waals surface area contributed by atoms with Crippen molar-refractivity contribution in [2.45, 2.75) is 220 Å². The molecule has 0 bridgehead atoms. The summed E-state index contributed by atoms with van der Waals surface area (Å²) in [7, 11) is 2.62. The monoisotopic (exact) mass is 948 g/mol. The van der Waals surface area contributed by atoms with Crippen LogP contribution in [0.4, 0.5) is 27.8 Å². The van der Waals surface area contributed by atoms with Crippen LogP contribution in [-0.4, -0.2) is 7.28 Å². The van der Waals surface area contributed by atoms with E-state index in [1.807, 2.05) is 11.3 Å². The Kier molecular flexibility index (Phi) is 11.7. The lowest BCUT2D eigenvalue weighted by Gasteiger charge is -2.43. The molecule has 0 atom stereocenters. The van der Waals surface area contributed by atoms with E-state index in [0.29, 0.717) is 0 Å². The van der Waals surface area contributed by atoms with Gasteiger partial charge in [0.25, 0.3) is 0 Å². The number of hydrogen-bond donors (Lipinski definition) is 1. The molecule has 0 spiro atoms. The van der Waals surface area contributed by atoms with Gasteiger partial charge >= 0.3 is 0 Å². The predicted octanol–water partition coefficient (Wildman–Crippen LogP) is 18.1. The van der Waals surface area contributed by atoms with Crippen LogP contribution in [0.25, 0.3) is 21.2 Å². The van der Waals surface area contributed by atoms with Crippen LogP contribution in [0.15, 0.2) is 72.8 Å². The molecule has 0 amide bonds. The van der Waals surface area contributed by atoms with Gasteiger partial charge in [0.2, 0.25) is 0 Å². The summed E-state index contributed by atoms with van der Waals surface area (Å²) in [6.45, 7) is 41.4. The highest BCUT2D eigenvalue weighted by Crippen LogP contribution is 2.54. The molecule has 2 nitrogen and oxygen atoms in total. The summed E-state index contributed by atoms with van der Waals surface area (Å²) in [5, 5.41) is 6.90. The van der Waals surface area contributed by atoms with Crippen molar-refractivity contribution in [2.24, 2.45) is 0 Å². The average Bonchev–Trinajstić information content (AvgIpc) is 3.64. The molecule has 0 unspecified atom stereocenters. The fraction of sp³-hybridized carbons (Fsp3) is 0.515. The number of anilines is 5. The molecule has 1 radical (unpaired) electrons. The summed E-state index contributed by atoms with van der Waals surface area (Å²) in [5.74, 6) is 0. The highest BCUT2D eigenvalue weighted by atomic mass is 32.1. The van der Waals surface area contributed by atoms with Crippen LogP contribution in [-0.2, 0) is 44.3 Å². The number of aryl methyl sites for hydroxylation is 2. The third-order valence-electron chi connectivity index (χ3n) is 18.4. The van der Waals surface area contributed by atoms with Gasteiger partial charge in [0.05, 0.1) is 10.7 Å². The molecule has 1 aromatic heterocycles. The summed E-state index contributed by atoms with van der Waals surface area (Å²) >= 11 is 2.02. The average molecular weight is 948 g/mol. The van der Waals surface area contributed by atoms with Crippen molar-refractivity contribution >= 4 is 67.4 Å².